The van der Waals surface area contributed by atoms with Gasteiger partial charge in [-0.25, -0.2) is 9.78 Å². The quantitative estimate of drug-likeness (QED) is 0.492. The summed E-state index contributed by atoms with van der Waals surface area (Å²) in [5.41, 5.74) is 2.58. The summed E-state index contributed by atoms with van der Waals surface area (Å²) >= 11 is 6.57. The van der Waals surface area contributed by atoms with Crippen molar-refractivity contribution in [2.45, 2.75) is 45.8 Å². The highest BCUT2D eigenvalue weighted by molar-refractivity contribution is 6.35. The van der Waals surface area contributed by atoms with E-state index in [1.807, 2.05) is 50.2 Å². The first-order chi connectivity index (χ1) is 17.1. The van der Waals surface area contributed by atoms with E-state index in [4.69, 9.17) is 21.3 Å². The number of pyridine rings is 1. The summed E-state index contributed by atoms with van der Waals surface area (Å²) in [7, 11) is 0. The summed E-state index contributed by atoms with van der Waals surface area (Å²) in [6.07, 6.45) is 0.441. The minimum absolute atomic E-state index is 0.108. The molecular formula is C28H32ClN3O4. The third-order valence-electron chi connectivity index (χ3n) is 6.47. The summed E-state index contributed by atoms with van der Waals surface area (Å²) in [5.74, 6) is -0.108. The van der Waals surface area contributed by atoms with Crippen LogP contribution in [-0.4, -0.2) is 64.2 Å². The van der Waals surface area contributed by atoms with Crippen LogP contribution in [0.1, 0.15) is 50.0 Å². The van der Waals surface area contributed by atoms with Crippen LogP contribution in [0.25, 0.3) is 22.2 Å². The van der Waals surface area contributed by atoms with Gasteiger partial charge in [0.1, 0.15) is 0 Å². The Bertz CT molecular complexity index is 1270. The van der Waals surface area contributed by atoms with Crippen molar-refractivity contribution in [2.24, 2.45) is 0 Å². The van der Waals surface area contributed by atoms with Gasteiger partial charge < -0.3 is 19.6 Å². The van der Waals surface area contributed by atoms with E-state index in [2.05, 4.69) is 0 Å². The van der Waals surface area contributed by atoms with E-state index in [9.17, 15) is 14.7 Å². The Morgan fingerprint density at radius 3 is 2.50 bits per heavy atom. The fraction of sp³-hybridized carbons (Fsp3) is 0.393. The largest absolute Gasteiger partial charge is 0.449 e. The normalized spacial score (nSPS) is 16.3. The first kappa shape index (κ1) is 25.9. The smallest absolute Gasteiger partial charge is 0.410 e. The Morgan fingerprint density at radius 1 is 1.14 bits per heavy atom. The maximum Gasteiger partial charge on any atom is 0.410 e. The molecule has 3 aromatic rings. The lowest BCUT2D eigenvalue weighted by atomic mass is 9.96. The van der Waals surface area contributed by atoms with E-state index in [0.717, 1.165) is 22.9 Å². The number of rotatable bonds is 5. The molecular weight excluding hydrogens is 478 g/mol. The van der Waals surface area contributed by atoms with E-state index in [1.165, 1.54) is 0 Å². The van der Waals surface area contributed by atoms with Crippen molar-refractivity contribution in [1.82, 2.24) is 14.8 Å². The number of aromatic nitrogens is 1. The molecule has 0 radical (unpaired) electrons. The Morgan fingerprint density at radius 2 is 1.86 bits per heavy atom. The number of fused-ring (bicyclic) bond motifs is 1. The van der Waals surface area contributed by atoms with Crippen LogP contribution in [0.4, 0.5) is 4.79 Å². The Balaban J connectivity index is 1.55. The van der Waals surface area contributed by atoms with Crippen LogP contribution < -0.4 is 0 Å². The van der Waals surface area contributed by atoms with E-state index in [1.54, 1.807) is 35.8 Å². The average molecular weight is 510 g/mol. The molecule has 0 aliphatic carbocycles. The van der Waals surface area contributed by atoms with Crippen molar-refractivity contribution in [3.05, 3.63) is 64.7 Å². The molecule has 2 amide bonds. The van der Waals surface area contributed by atoms with Crippen LogP contribution in [0, 0.1) is 0 Å². The van der Waals surface area contributed by atoms with Gasteiger partial charge in [0.15, 0.2) is 0 Å². The summed E-state index contributed by atoms with van der Waals surface area (Å²) in [6, 6.07) is 14.6. The predicted molar refractivity (Wildman–Crippen MR) is 141 cm³/mol. The maximum absolute atomic E-state index is 13.3. The number of carbonyl (C=O) groups excluding carboxylic acids is 2. The van der Waals surface area contributed by atoms with Gasteiger partial charge in [-0.2, -0.15) is 0 Å². The predicted octanol–water partition coefficient (Wildman–Crippen LogP) is 5.48. The molecule has 4 rings (SSSR count). The second-order valence-electron chi connectivity index (χ2n) is 9.77. The highest BCUT2D eigenvalue weighted by Gasteiger charge is 2.31. The number of amides is 2. The first-order valence-corrected chi connectivity index (χ1v) is 12.6. The number of aliphatic hydroxyl groups is 1. The molecule has 36 heavy (non-hydrogen) atoms. The van der Waals surface area contributed by atoms with Crippen molar-refractivity contribution in [2.75, 3.05) is 26.2 Å². The van der Waals surface area contributed by atoms with E-state index < -0.39 is 5.60 Å². The van der Waals surface area contributed by atoms with Gasteiger partial charge in [-0.3, -0.25) is 4.79 Å². The SMILES string of the molecule is CCCOC(=O)N1CCN(C(=O)c2ccc3c(Cl)cc(-c4ccc(C(C)(C)O)cc4)nc3c2)C[C@@H]1C. The molecule has 0 unspecified atom stereocenters. The molecule has 2 aromatic carbocycles. The zero-order valence-corrected chi connectivity index (χ0v) is 21.9. The number of hydrogen-bond donors (Lipinski definition) is 1. The molecule has 7 nitrogen and oxygen atoms in total. The molecule has 1 saturated heterocycles. The number of carbonyl (C=O) groups is 2. The second-order valence-corrected chi connectivity index (χ2v) is 10.2. The molecule has 2 heterocycles. The topological polar surface area (TPSA) is 83.0 Å². The van der Waals surface area contributed by atoms with Crippen molar-refractivity contribution in [1.29, 1.82) is 0 Å². The van der Waals surface area contributed by atoms with Crippen molar-refractivity contribution < 1.29 is 19.4 Å². The molecule has 0 saturated carbocycles. The number of hydrogen-bond acceptors (Lipinski definition) is 5. The third kappa shape index (κ3) is 5.47. The van der Waals surface area contributed by atoms with Gasteiger partial charge in [-0.1, -0.05) is 48.9 Å². The van der Waals surface area contributed by atoms with Crippen LogP contribution in [-0.2, 0) is 10.3 Å². The van der Waals surface area contributed by atoms with E-state index in [0.29, 0.717) is 48.0 Å². The number of nitrogens with zero attached hydrogens (tertiary/aromatic N) is 3. The van der Waals surface area contributed by atoms with Gasteiger partial charge in [0, 0.05) is 42.2 Å². The van der Waals surface area contributed by atoms with Gasteiger partial charge in [-0.15, -0.1) is 0 Å². The first-order valence-electron chi connectivity index (χ1n) is 12.2. The molecule has 1 aliphatic rings. The highest BCUT2D eigenvalue weighted by Crippen LogP contribution is 2.30. The lowest BCUT2D eigenvalue weighted by Gasteiger charge is -2.39. The zero-order valence-electron chi connectivity index (χ0n) is 21.1. The van der Waals surface area contributed by atoms with Gasteiger partial charge in [0.25, 0.3) is 5.91 Å². The van der Waals surface area contributed by atoms with Gasteiger partial charge in [0.05, 0.1) is 28.4 Å². The maximum atomic E-state index is 13.3. The number of piperazine rings is 1. The molecule has 1 N–H and O–H groups in total. The summed E-state index contributed by atoms with van der Waals surface area (Å²) < 4.78 is 5.26. The molecule has 1 atom stereocenters. The summed E-state index contributed by atoms with van der Waals surface area (Å²) in [6.45, 7) is 9.04. The molecule has 0 spiro atoms. The molecule has 1 fully saturated rings. The molecule has 8 heteroatoms. The lowest BCUT2D eigenvalue weighted by molar-refractivity contribution is 0.0412. The number of ether oxygens (including phenoxy) is 1. The van der Waals surface area contributed by atoms with Crippen LogP contribution in [0.15, 0.2) is 48.5 Å². The lowest BCUT2D eigenvalue weighted by Crippen LogP contribution is -2.55. The fourth-order valence-electron chi connectivity index (χ4n) is 4.38. The van der Waals surface area contributed by atoms with Crippen molar-refractivity contribution in [3.8, 4) is 11.3 Å². The zero-order chi connectivity index (χ0) is 26.0. The van der Waals surface area contributed by atoms with Gasteiger partial charge in [-0.05, 0) is 51.0 Å². The molecule has 190 valence electrons. The number of halogens is 1. The third-order valence-corrected chi connectivity index (χ3v) is 6.79. The minimum Gasteiger partial charge on any atom is -0.449 e. The highest BCUT2D eigenvalue weighted by atomic mass is 35.5. The standard InChI is InChI=1S/C28H32ClN3O4/c1-5-14-36-27(34)32-13-12-31(17-18(32)2)26(33)20-8-11-22-23(29)16-24(30-25(22)15-20)19-6-9-21(10-7-19)28(3,4)35/h6-11,15-16,18,35H,5,12-14,17H2,1-4H3/t18-/m0/s1. The second kappa shape index (κ2) is 10.4. The minimum atomic E-state index is -0.930. The monoisotopic (exact) mass is 509 g/mol. The van der Waals surface area contributed by atoms with Crippen molar-refractivity contribution >= 4 is 34.5 Å². The van der Waals surface area contributed by atoms with Gasteiger partial charge in [0.2, 0.25) is 0 Å². The molecule has 1 aliphatic heterocycles. The molecule has 1 aromatic heterocycles. The number of benzene rings is 2. The summed E-state index contributed by atoms with van der Waals surface area (Å²) in [5, 5.41) is 11.5. The van der Waals surface area contributed by atoms with Crippen molar-refractivity contribution in [3.63, 3.8) is 0 Å². The summed E-state index contributed by atoms with van der Waals surface area (Å²) in [4.78, 5) is 33.8. The average Bonchev–Trinajstić information content (AvgIpc) is 2.86. The van der Waals surface area contributed by atoms with Crippen LogP contribution in [0.3, 0.4) is 0 Å². The van der Waals surface area contributed by atoms with Crippen LogP contribution in [0.2, 0.25) is 5.02 Å². The Hall–Kier alpha value is -3.16. The van der Waals surface area contributed by atoms with E-state index >= 15 is 0 Å². The van der Waals surface area contributed by atoms with Crippen LogP contribution in [0.5, 0.6) is 0 Å². The van der Waals surface area contributed by atoms with Gasteiger partial charge >= 0.3 is 6.09 Å². The van der Waals surface area contributed by atoms with Crippen LogP contribution >= 0.6 is 11.6 Å². The Kier molecular flexibility index (Phi) is 7.52. The fourth-order valence-corrected chi connectivity index (χ4v) is 4.65. The Labute approximate surface area is 216 Å². The van der Waals surface area contributed by atoms with E-state index in [-0.39, 0.29) is 18.0 Å². The molecule has 0 bridgehead atoms.